The zero-order valence-corrected chi connectivity index (χ0v) is 8.70. The lowest BCUT2D eigenvalue weighted by atomic mass is 10.1. The average molecular weight is 216 g/mol. The lowest BCUT2D eigenvalue weighted by Crippen LogP contribution is -2.24. The number of hydrogen-bond donors (Lipinski definition) is 1. The van der Waals surface area contributed by atoms with E-state index in [1.807, 2.05) is 12.1 Å². The minimum atomic E-state index is -0.00563. The van der Waals surface area contributed by atoms with Crippen LogP contribution in [-0.4, -0.2) is 5.54 Å². The van der Waals surface area contributed by atoms with Crippen LogP contribution >= 0.6 is 23.2 Å². The van der Waals surface area contributed by atoms with Crippen LogP contribution in [0.25, 0.3) is 0 Å². The molecule has 0 aromatic heterocycles. The van der Waals surface area contributed by atoms with Crippen molar-refractivity contribution in [3.63, 3.8) is 0 Å². The van der Waals surface area contributed by atoms with Crippen molar-refractivity contribution in [3.8, 4) is 0 Å². The molecule has 2 N–H and O–H groups in total. The van der Waals surface area contributed by atoms with Crippen LogP contribution in [0.2, 0.25) is 10.0 Å². The van der Waals surface area contributed by atoms with E-state index in [4.69, 9.17) is 28.9 Å². The zero-order chi connectivity index (χ0) is 9.47. The monoisotopic (exact) mass is 215 g/mol. The fourth-order valence-corrected chi connectivity index (χ4v) is 1.77. The molecule has 1 aliphatic rings. The smallest absolute Gasteiger partial charge is 0.0439 e. The first-order chi connectivity index (χ1) is 6.09. The van der Waals surface area contributed by atoms with Crippen LogP contribution in [0.4, 0.5) is 0 Å². The first kappa shape index (κ1) is 9.32. The van der Waals surface area contributed by atoms with E-state index in [-0.39, 0.29) is 5.54 Å². The third-order valence-corrected chi connectivity index (χ3v) is 3.05. The van der Waals surface area contributed by atoms with Gasteiger partial charge in [0.1, 0.15) is 0 Å². The molecule has 1 nitrogen and oxygen atoms in total. The number of hydrogen-bond acceptors (Lipinski definition) is 1. The molecule has 0 heterocycles. The molecule has 0 bridgehead atoms. The molecule has 0 spiro atoms. The third kappa shape index (κ3) is 2.16. The Morgan fingerprint density at radius 1 is 1.31 bits per heavy atom. The van der Waals surface area contributed by atoms with E-state index in [0.717, 1.165) is 34.9 Å². The van der Waals surface area contributed by atoms with Crippen molar-refractivity contribution in [2.75, 3.05) is 0 Å². The molecule has 0 unspecified atom stereocenters. The van der Waals surface area contributed by atoms with Crippen LogP contribution in [0.15, 0.2) is 18.2 Å². The summed E-state index contributed by atoms with van der Waals surface area (Å²) in [6.45, 7) is 0. The van der Waals surface area contributed by atoms with Gasteiger partial charge in [0.2, 0.25) is 0 Å². The van der Waals surface area contributed by atoms with E-state index >= 15 is 0 Å². The van der Waals surface area contributed by atoms with E-state index in [1.54, 1.807) is 6.07 Å². The molecule has 1 aromatic carbocycles. The molecule has 3 heteroatoms. The molecule has 2 rings (SSSR count). The van der Waals surface area contributed by atoms with Gasteiger partial charge in [0, 0.05) is 15.6 Å². The second-order valence-electron chi connectivity index (χ2n) is 3.77. The van der Waals surface area contributed by atoms with Crippen molar-refractivity contribution in [1.82, 2.24) is 0 Å². The molecular weight excluding hydrogens is 205 g/mol. The van der Waals surface area contributed by atoms with E-state index in [2.05, 4.69) is 0 Å². The van der Waals surface area contributed by atoms with E-state index < -0.39 is 0 Å². The molecule has 0 saturated heterocycles. The summed E-state index contributed by atoms with van der Waals surface area (Å²) in [5.41, 5.74) is 7.05. The van der Waals surface area contributed by atoms with Gasteiger partial charge in [0.25, 0.3) is 0 Å². The maximum absolute atomic E-state index is 6.02. The van der Waals surface area contributed by atoms with Crippen LogP contribution in [-0.2, 0) is 6.42 Å². The summed E-state index contributed by atoms with van der Waals surface area (Å²) in [6.07, 6.45) is 3.03. The van der Waals surface area contributed by atoms with Crippen molar-refractivity contribution in [2.24, 2.45) is 5.73 Å². The van der Waals surface area contributed by atoms with Crippen LogP contribution in [0.5, 0.6) is 0 Å². The van der Waals surface area contributed by atoms with E-state index in [1.165, 1.54) is 0 Å². The van der Waals surface area contributed by atoms with Crippen molar-refractivity contribution >= 4 is 23.2 Å². The lowest BCUT2D eigenvalue weighted by Gasteiger charge is -2.10. The second-order valence-corrected chi connectivity index (χ2v) is 4.62. The van der Waals surface area contributed by atoms with E-state index in [9.17, 15) is 0 Å². The van der Waals surface area contributed by atoms with Crippen LogP contribution in [0.1, 0.15) is 18.4 Å². The third-order valence-electron chi connectivity index (χ3n) is 2.44. The van der Waals surface area contributed by atoms with Crippen LogP contribution in [0.3, 0.4) is 0 Å². The molecule has 0 atom stereocenters. The molecule has 1 fully saturated rings. The fraction of sp³-hybridized carbons (Fsp3) is 0.400. The van der Waals surface area contributed by atoms with Crippen molar-refractivity contribution < 1.29 is 0 Å². The van der Waals surface area contributed by atoms with Gasteiger partial charge in [-0.15, -0.1) is 0 Å². The molecule has 1 aliphatic carbocycles. The summed E-state index contributed by atoms with van der Waals surface area (Å²) in [5, 5.41) is 1.49. The molecule has 1 aromatic rings. The molecule has 0 radical (unpaired) electrons. The van der Waals surface area contributed by atoms with Crippen LogP contribution in [0, 0.1) is 0 Å². The fourth-order valence-electron chi connectivity index (χ4n) is 1.40. The number of benzene rings is 1. The highest BCUT2D eigenvalue weighted by Crippen LogP contribution is 2.37. The minimum absolute atomic E-state index is 0.00563. The van der Waals surface area contributed by atoms with Crippen LogP contribution < -0.4 is 5.73 Å². The van der Waals surface area contributed by atoms with Gasteiger partial charge < -0.3 is 5.73 Å². The summed E-state index contributed by atoms with van der Waals surface area (Å²) in [6, 6.07) is 5.52. The molecular formula is C10H11Cl2N. The quantitative estimate of drug-likeness (QED) is 0.807. The number of nitrogens with two attached hydrogens (primary N) is 1. The van der Waals surface area contributed by atoms with Gasteiger partial charge in [-0.05, 0) is 43.0 Å². The van der Waals surface area contributed by atoms with Gasteiger partial charge in [0.15, 0.2) is 0 Å². The first-order valence-corrected chi connectivity index (χ1v) is 5.07. The van der Waals surface area contributed by atoms with E-state index in [0.29, 0.717) is 0 Å². The highest BCUT2D eigenvalue weighted by molar-refractivity contribution is 6.33. The highest BCUT2D eigenvalue weighted by atomic mass is 35.5. The van der Waals surface area contributed by atoms with Gasteiger partial charge in [-0.2, -0.15) is 0 Å². The second kappa shape index (κ2) is 3.16. The number of halogens is 2. The van der Waals surface area contributed by atoms with Gasteiger partial charge in [-0.3, -0.25) is 0 Å². The summed E-state index contributed by atoms with van der Waals surface area (Å²) < 4.78 is 0. The Bertz CT molecular complexity index is 332. The van der Waals surface area contributed by atoms with Gasteiger partial charge in [0.05, 0.1) is 0 Å². The van der Waals surface area contributed by atoms with Crippen molar-refractivity contribution in [2.45, 2.75) is 24.8 Å². The minimum Gasteiger partial charge on any atom is -0.325 e. The Morgan fingerprint density at radius 2 is 2.00 bits per heavy atom. The first-order valence-electron chi connectivity index (χ1n) is 4.32. The van der Waals surface area contributed by atoms with Gasteiger partial charge >= 0.3 is 0 Å². The van der Waals surface area contributed by atoms with Crippen molar-refractivity contribution in [3.05, 3.63) is 33.8 Å². The standard InChI is InChI=1S/C10H11Cl2N/c11-8-1-2-9(12)7(5-8)6-10(13)3-4-10/h1-2,5H,3-4,6,13H2. The summed E-state index contributed by atoms with van der Waals surface area (Å²) in [4.78, 5) is 0. The zero-order valence-electron chi connectivity index (χ0n) is 7.19. The average Bonchev–Trinajstić information content (AvgIpc) is 2.76. The lowest BCUT2D eigenvalue weighted by molar-refractivity contribution is 0.672. The van der Waals surface area contributed by atoms with Gasteiger partial charge in [-0.25, -0.2) is 0 Å². The predicted molar refractivity (Wildman–Crippen MR) is 56.3 cm³/mol. The summed E-state index contributed by atoms with van der Waals surface area (Å²) >= 11 is 11.9. The maximum Gasteiger partial charge on any atom is 0.0439 e. The molecule has 0 amide bonds. The molecule has 70 valence electrons. The Morgan fingerprint density at radius 3 is 2.62 bits per heavy atom. The SMILES string of the molecule is NC1(Cc2cc(Cl)ccc2Cl)CC1. The molecule has 1 saturated carbocycles. The Labute approximate surface area is 87.8 Å². The number of rotatable bonds is 2. The van der Waals surface area contributed by atoms with Gasteiger partial charge in [-0.1, -0.05) is 23.2 Å². The summed E-state index contributed by atoms with van der Waals surface area (Å²) in [5.74, 6) is 0. The van der Waals surface area contributed by atoms with Crippen molar-refractivity contribution in [1.29, 1.82) is 0 Å². The molecule has 0 aliphatic heterocycles. The topological polar surface area (TPSA) is 26.0 Å². The maximum atomic E-state index is 6.02. The predicted octanol–water partition coefficient (Wildman–Crippen LogP) is 3.03. The normalized spacial score (nSPS) is 18.7. The molecule has 13 heavy (non-hydrogen) atoms. The highest BCUT2D eigenvalue weighted by Gasteiger charge is 2.38. The summed E-state index contributed by atoms with van der Waals surface area (Å²) in [7, 11) is 0. The Kier molecular flexibility index (Phi) is 2.26. The largest absolute Gasteiger partial charge is 0.325 e. The Balaban J connectivity index is 2.23. The Hall–Kier alpha value is -0.240.